The molecule has 1 aromatic heterocycles. The lowest BCUT2D eigenvalue weighted by Gasteiger charge is -2.27. The molecule has 1 heterocycles. The molecule has 0 spiro atoms. The number of hydrogen-bond donors (Lipinski definition) is 2. The van der Waals surface area contributed by atoms with E-state index in [-0.39, 0.29) is 5.91 Å². The summed E-state index contributed by atoms with van der Waals surface area (Å²) in [6, 6.07) is 1.81. The molecule has 0 aliphatic heterocycles. The van der Waals surface area contributed by atoms with Crippen molar-refractivity contribution in [3.05, 3.63) is 22.3 Å². The lowest BCUT2D eigenvalue weighted by molar-refractivity contribution is 0.0941. The van der Waals surface area contributed by atoms with Crippen molar-refractivity contribution in [2.24, 2.45) is 11.8 Å². The molecule has 0 unspecified atom stereocenters. The summed E-state index contributed by atoms with van der Waals surface area (Å²) in [5, 5.41) is 6.03. The highest BCUT2D eigenvalue weighted by Gasteiger charge is 2.21. The van der Waals surface area contributed by atoms with Gasteiger partial charge in [-0.25, -0.2) is 4.98 Å². The fourth-order valence-electron chi connectivity index (χ4n) is 2.99. The second-order valence-electron chi connectivity index (χ2n) is 5.80. The van der Waals surface area contributed by atoms with E-state index in [1.807, 2.05) is 6.07 Å². The summed E-state index contributed by atoms with van der Waals surface area (Å²) < 4.78 is 0.815. The van der Waals surface area contributed by atoms with Gasteiger partial charge in [0.2, 0.25) is 0 Å². The number of aromatic nitrogens is 1. The zero-order valence-electron chi connectivity index (χ0n) is 12.8. The molecule has 1 aliphatic carbocycles. The van der Waals surface area contributed by atoms with E-state index in [9.17, 15) is 4.79 Å². The number of amides is 1. The van der Waals surface area contributed by atoms with Gasteiger partial charge in [0.25, 0.3) is 5.91 Å². The van der Waals surface area contributed by atoms with Crippen LogP contribution in [0.3, 0.4) is 0 Å². The van der Waals surface area contributed by atoms with Crippen LogP contribution in [0.4, 0.5) is 5.82 Å². The highest BCUT2D eigenvalue weighted by molar-refractivity contribution is 9.10. The van der Waals surface area contributed by atoms with Gasteiger partial charge in [0, 0.05) is 24.3 Å². The van der Waals surface area contributed by atoms with Gasteiger partial charge >= 0.3 is 0 Å². The van der Waals surface area contributed by atoms with Crippen LogP contribution < -0.4 is 10.6 Å². The molecule has 116 valence electrons. The fraction of sp³-hybridized carbons (Fsp3) is 0.625. The Morgan fingerprint density at radius 1 is 1.33 bits per heavy atom. The largest absolute Gasteiger partial charge is 0.372 e. The van der Waals surface area contributed by atoms with Gasteiger partial charge in [-0.2, -0.15) is 0 Å². The van der Waals surface area contributed by atoms with Crippen molar-refractivity contribution in [1.29, 1.82) is 0 Å². The van der Waals surface area contributed by atoms with Crippen LogP contribution in [0, 0.1) is 11.8 Å². The van der Waals surface area contributed by atoms with Crippen LogP contribution in [-0.2, 0) is 0 Å². The first kappa shape index (κ1) is 16.3. The van der Waals surface area contributed by atoms with Gasteiger partial charge < -0.3 is 10.6 Å². The summed E-state index contributed by atoms with van der Waals surface area (Å²) in [6.45, 7) is 3.04. The number of pyridine rings is 1. The molecular formula is C16H24BrN3O. The maximum atomic E-state index is 12.3. The van der Waals surface area contributed by atoms with Crippen LogP contribution in [0.2, 0.25) is 0 Å². The first-order valence-corrected chi connectivity index (χ1v) is 8.54. The van der Waals surface area contributed by atoms with E-state index in [2.05, 4.69) is 38.5 Å². The van der Waals surface area contributed by atoms with Gasteiger partial charge in [0.05, 0.1) is 5.56 Å². The molecule has 1 amide bonds. The maximum Gasteiger partial charge on any atom is 0.255 e. The average Bonchev–Trinajstić information content (AvgIpc) is 2.53. The van der Waals surface area contributed by atoms with Gasteiger partial charge in [-0.1, -0.05) is 26.2 Å². The number of rotatable bonds is 5. The van der Waals surface area contributed by atoms with Crippen molar-refractivity contribution < 1.29 is 4.79 Å². The van der Waals surface area contributed by atoms with Crippen molar-refractivity contribution in [2.75, 3.05) is 18.9 Å². The summed E-state index contributed by atoms with van der Waals surface area (Å²) in [7, 11) is 1.78. The summed E-state index contributed by atoms with van der Waals surface area (Å²) in [5.74, 6) is 2.08. The summed E-state index contributed by atoms with van der Waals surface area (Å²) in [5.41, 5.74) is 0.592. The minimum atomic E-state index is -0.0502. The van der Waals surface area contributed by atoms with Gasteiger partial charge in [0.1, 0.15) is 5.82 Å². The van der Waals surface area contributed by atoms with Gasteiger partial charge in [-0.05, 0) is 46.7 Å². The highest BCUT2D eigenvalue weighted by atomic mass is 79.9. The molecule has 5 heteroatoms. The molecule has 1 fully saturated rings. The predicted molar refractivity (Wildman–Crippen MR) is 89.6 cm³/mol. The third-order valence-electron chi connectivity index (χ3n) is 4.43. The number of carbonyl (C=O) groups is 1. The molecule has 0 saturated heterocycles. The zero-order chi connectivity index (χ0) is 15.2. The fourth-order valence-corrected chi connectivity index (χ4v) is 3.32. The minimum absolute atomic E-state index is 0.0502. The van der Waals surface area contributed by atoms with Crippen molar-refractivity contribution in [2.45, 2.75) is 39.0 Å². The topological polar surface area (TPSA) is 54.0 Å². The van der Waals surface area contributed by atoms with E-state index in [0.717, 1.165) is 16.9 Å². The number of anilines is 1. The lowest BCUT2D eigenvalue weighted by Crippen LogP contribution is -2.31. The highest BCUT2D eigenvalue weighted by Crippen LogP contribution is 2.30. The zero-order valence-corrected chi connectivity index (χ0v) is 14.4. The predicted octanol–water partition coefficient (Wildman–Crippen LogP) is 3.83. The summed E-state index contributed by atoms with van der Waals surface area (Å²) >= 11 is 3.37. The Balaban J connectivity index is 1.89. The monoisotopic (exact) mass is 353 g/mol. The average molecular weight is 354 g/mol. The molecule has 21 heavy (non-hydrogen) atoms. The van der Waals surface area contributed by atoms with Gasteiger partial charge in [0.15, 0.2) is 0 Å². The third-order valence-corrected chi connectivity index (χ3v) is 4.86. The quantitative estimate of drug-likeness (QED) is 0.845. The second-order valence-corrected chi connectivity index (χ2v) is 6.72. The number of hydrogen-bond acceptors (Lipinski definition) is 3. The standard InChI is InChI=1S/C16H24BrN3O/c1-3-11-4-6-12(7-5-11)9-20-16(21)14-8-13(17)10-19-15(14)18-2/h8,10-12H,3-7,9H2,1-2H3,(H,18,19)(H,20,21). The Kier molecular flexibility index (Phi) is 6.03. The van der Waals surface area contributed by atoms with Crippen LogP contribution in [0.25, 0.3) is 0 Å². The van der Waals surface area contributed by atoms with Crippen molar-refractivity contribution in [3.63, 3.8) is 0 Å². The normalized spacial score (nSPS) is 21.9. The second kappa shape index (κ2) is 7.78. The SMILES string of the molecule is CCC1CCC(CNC(=O)c2cc(Br)cnc2NC)CC1. The number of nitrogens with zero attached hydrogens (tertiary/aromatic N) is 1. The molecule has 0 radical (unpaired) electrons. The Hall–Kier alpha value is -1.10. The van der Waals surface area contributed by atoms with Crippen molar-refractivity contribution in [1.82, 2.24) is 10.3 Å². The van der Waals surface area contributed by atoms with Crippen LogP contribution in [0.1, 0.15) is 49.4 Å². The van der Waals surface area contributed by atoms with E-state index in [0.29, 0.717) is 17.3 Å². The minimum Gasteiger partial charge on any atom is -0.372 e. The Morgan fingerprint density at radius 2 is 2.00 bits per heavy atom. The molecule has 0 atom stereocenters. The van der Waals surface area contributed by atoms with Crippen LogP contribution in [0.15, 0.2) is 16.7 Å². The molecule has 0 aromatic carbocycles. The van der Waals surface area contributed by atoms with E-state index < -0.39 is 0 Å². The van der Waals surface area contributed by atoms with Gasteiger partial charge in [-0.15, -0.1) is 0 Å². The maximum absolute atomic E-state index is 12.3. The number of nitrogens with one attached hydrogen (secondary N) is 2. The molecular weight excluding hydrogens is 330 g/mol. The Bertz CT molecular complexity index is 484. The van der Waals surface area contributed by atoms with Crippen LogP contribution in [-0.4, -0.2) is 24.5 Å². The van der Waals surface area contributed by atoms with Crippen molar-refractivity contribution >= 4 is 27.7 Å². The Morgan fingerprint density at radius 3 is 2.62 bits per heavy atom. The molecule has 0 bridgehead atoms. The van der Waals surface area contributed by atoms with E-state index in [4.69, 9.17) is 0 Å². The lowest BCUT2D eigenvalue weighted by atomic mass is 9.81. The molecule has 2 rings (SSSR count). The third kappa shape index (κ3) is 4.43. The first-order valence-electron chi connectivity index (χ1n) is 7.75. The first-order chi connectivity index (χ1) is 10.1. The summed E-state index contributed by atoms with van der Waals surface area (Å²) in [4.78, 5) is 16.5. The van der Waals surface area contributed by atoms with E-state index >= 15 is 0 Å². The molecule has 1 aliphatic rings. The molecule has 2 N–H and O–H groups in total. The number of carbonyl (C=O) groups excluding carboxylic acids is 1. The molecule has 1 saturated carbocycles. The Labute approximate surface area is 135 Å². The van der Waals surface area contributed by atoms with Crippen LogP contribution >= 0.6 is 15.9 Å². The van der Waals surface area contributed by atoms with Gasteiger partial charge in [-0.3, -0.25) is 4.79 Å². The summed E-state index contributed by atoms with van der Waals surface area (Å²) in [6.07, 6.45) is 8.04. The molecule has 1 aromatic rings. The smallest absolute Gasteiger partial charge is 0.255 e. The van der Waals surface area contributed by atoms with E-state index in [1.165, 1.54) is 32.1 Å². The molecule has 4 nitrogen and oxygen atoms in total. The van der Waals surface area contributed by atoms with E-state index in [1.54, 1.807) is 13.2 Å². The van der Waals surface area contributed by atoms with Crippen molar-refractivity contribution in [3.8, 4) is 0 Å². The number of halogens is 1. The van der Waals surface area contributed by atoms with Crippen LogP contribution in [0.5, 0.6) is 0 Å².